The fourth-order valence-corrected chi connectivity index (χ4v) is 2.87. The van der Waals surface area contributed by atoms with Crippen LogP contribution in [0.15, 0.2) is 53.6 Å². The smallest absolute Gasteiger partial charge is 0.240 e. The van der Waals surface area contributed by atoms with Crippen molar-refractivity contribution in [1.82, 2.24) is 4.98 Å². The summed E-state index contributed by atoms with van der Waals surface area (Å²) in [5.41, 5.74) is 0.280. The van der Waals surface area contributed by atoms with Crippen molar-refractivity contribution >= 4 is 33.0 Å². The van der Waals surface area contributed by atoms with E-state index in [4.69, 9.17) is 11.6 Å². The lowest BCUT2D eigenvalue weighted by atomic mass is 10.4. The molecule has 1 N–H and O–H groups in total. The Morgan fingerprint density at radius 2 is 1.85 bits per heavy atom. The van der Waals surface area contributed by atoms with Gasteiger partial charge < -0.3 is 5.32 Å². The Kier molecular flexibility index (Phi) is 4.36. The van der Waals surface area contributed by atoms with Crippen LogP contribution in [-0.2, 0) is 14.6 Å². The molecule has 2 aromatic rings. The summed E-state index contributed by atoms with van der Waals surface area (Å²) in [6.07, 6.45) is 1.47. The minimum absolute atomic E-state index is 0.104. The van der Waals surface area contributed by atoms with E-state index in [2.05, 4.69) is 10.3 Å². The summed E-state index contributed by atoms with van der Waals surface area (Å²) < 4.78 is 24.0. The van der Waals surface area contributed by atoms with E-state index in [9.17, 15) is 13.2 Å². The molecule has 104 valence electrons. The number of hydrogen-bond donors (Lipinski definition) is 1. The largest absolute Gasteiger partial charge is 0.323 e. The number of sulfone groups is 1. The summed E-state index contributed by atoms with van der Waals surface area (Å²) in [6, 6.07) is 10.9. The van der Waals surface area contributed by atoms with Gasteiger partial charge in [-0.2, -0.15) is 0 Å². The summed E-state index contributed by atoms with van der Waals surface area (Å²) in [4.78, 5) is 15.7. The Morgan fingerprint density at radius 3 is 2.50 bits per heavy atom. The lowest BCUT2D eigenvalue weighted by Gasteiger charge is -2.07. The molecule has 0 aliphatic carbocycles. The number of anilines is 1. The monoisotopic (exact) mass is 310 g/mol. The Balaban J connectivity index is 2.11. The van der Waals surface area contributed by atoms with Crippen LogP contribution in [0.3, 0.4) is 0 Å². The van der Waals surface area contributed by atoms with Crippen molar-refractivity contribution in [1.29, 1.82) is 0 Å². The van der Waals surface area contributed by atoms with Gasteiger partial charge >= 0.3 is 0 Å². The third-order valence-electron chi connectivity index (χ3n) is 2.46. The molecule has 0 fully saturated rings. The highest BCUT2D eigenvalue weighted by atomic mass is 35.5. The normalized spacial score (nSPS) is 11.1. The molecule has 20 heavy (non-hydrogen) atoms. The van der Waals surface area contributed by atoms with E-state index in [0.717, 1.165) is 0 Å². The van der Waals surface area contributed by atoms with Crippen LogP contribution in [0.4, 0.5) is 5.69 Å². The molecule has 5 nitrogen and oxygen atoms in total. The number of nitrogens with zero attached hydrogens (tertiary/aromatic N) is 1. The molecule has 1 heterocycles. The molecule has 0 saturated carbocycles. The summed E-state index contributed by atoms with van der Waals surface area (Å²) in [6.45, 7) is 0. The molecule has 0 aliphatic rings. The number of hydrogen-bond acceptors (Lipinski definition) is 4. The number of benzene rings is 1. The number of nitrogens with one attached hydrogen (secondary N) is 1. The fraction of sp³-hybridized carbons (Fsp3) is 0.0769. The zero-order valence-electron chi connectivity index (χ0n) is 10.3. The van der Waals surface area contributed by atoms with E-state index in [1.165, 1.54) is 18.3 Å². The molecule has 0 radical (unpaired) electrons. The maximum absolute atomic E-state index is 12.0. The minimum Gasteiger partial charge on any atom is -0.323 e. The fourth-order valence-electron chi connectivity index (χ4n) is 1.55. The average Bonchev–Trinajstić information content (AvgIpc) is 2.42. The van der Waals surface area contributed by atoms with Gasteiger partial charge in [0, 0.05) is 6.20 Å². The first-order valence-corrected chi connectivity index (χ1v) is 7.70. The predicted octanol–water partition coefficient (Wildman–Crippen LogP) is 2.15. The topological polar surface area (TPSA) is 76.1 Å². The molecule has 0 saturated heterocycles. The van der Waals surface area contributed by atoms with Crippen LogP contribution < -0.4 is 5.32 Å². The molecule has 7 heteroatoms. The number of pyridine rings is 1. The van der Waals surface area contributed by atoms with Crippen molar-refractivity contribution in [3.8, 4) is 0 Å². The highest BCUT2D eigenvalue weighted by molar-refractivity contribution is 7.92. The van der Waals surface area contributed by atoms with Crippen LogP contribution in [0, 0.1) is 0 Å². The number of halogens is 1. The highest BCUT2D eigenvalue weighted by Crippen LogP contribution is 2.18. The second-order valence-corrected chi connectivity index (χ2v) is 6.31. The van der Waals surface area contributed by atoms with Crippen LogP contribution in [0.5, 0.6) is 0 Å². The van der Waals surface area contributed by atoms with Crippen LogP contribution in [0.1, 0.15) is 0 Å². The number of carbonyl (C=O) groups excluding carboxylic acids is 1. The van der Waals surface area contributed by atoms with Crippen molar-refractivity contribution < 1.29 is 13.2 Å². The van der Waals surface area contributed by atoms with E-state index >= 15 is 0 Å². The molecule has 0 unspecified atom stereocenters. The van der Waals surface area contributed by atoms with Crippen molar-refractivity contribution in [2.24, 2.45) is 0 Å². The van der Waals surface area contributed by atoms with Gasteiger partial charge in [0.15, 0.2) is 15.0 Å². The third-order valence-corrected chi connectivity index (χ3v) is 4.39. The summed E-state index contributed by atoms with van der Waals surface area (Å²) in [5, 5.41) is 2.53. The van der Waals surface area contributed by atoms with Crippen molar-refractivity contribution in [2.45, 2.75) is 4.90 Å². The first-order valence-electron chi connectivity index (χ1n) is 5.67. The van der Waals surface area contributed by atoms with Gasteiger partial charge in [-0.15, -0.1) is 0 Å². The highest BCUT2D eigenvalue weighted by Gasteiger charge is 2.19. The molecule has 1 aromatic carbocycles. The Hall–Kier alpha value is -1.92. The first-order chi connectivity index (χ1) is 9.49. The SMILES string of the molecule is O=C(CS(=O)(=O)c1ccccc1)Nc1cccnc1Cl. The zero-order chi connectivity index (χ0) is 14.6. The van der Waals surface area contributed by atoms with Gasteiger partial charge in [-0.05, 0) is 24.3 Å². The quantitative estimate of drug-likeness (QED) is 0.878. The Bertz CT molecular complexity index is 717. The van der Waals surface area contributed by atoms with Gasteiger partial charge in [-0.25, -0.2) is 13.4 Å². The van der Waals surface area contributed by atoms with Gasteiger partial charge in [0.25, 0.3) is 0 Å². The first kappa shape index (κ1) is 14.5. The number of carbonyl (C=O) groups is 1. The van der Waals surface area contributed by atoms with Gasteiger partial charge in [0.05, 0.1) is 10.6 Å². The molecule has 1 aromatic heterocycles. The molecule has 0 aliphatic heterocycles. The lowest BCUT2D eigenvalue weighted by Crippen LogP contribution is -2.23. The van der Waals surface area contributed by atoms with E-state index in [1.807, 2.05) is 0 Å². The van der Waals surface area contributed by atoms with E-state index in [0.29, 0.717) is 0 Å². The van der Waals surface area contributed by atoms with Gasteiger partial charge in [-0.1, -0.05) is 29.8 Å². The molecule has 2 rings (SSSR count). The lowest BCUT2D eigenvalue weighted by molar-refractivity contribution is -0.113. The third kappa shape index (κ3) is 3.55. The maximum Gasteiger partial charge on any atom is 0.240 e. The second-order valence-electron chi connectivity index (χ2n) is 3.96. The molecule has 0 atom stereocenters. The van der Waals surface area contributed by atoms with E-state index in [1.54, 1.807) is 30.3 Å². The van der Waals surface area contributed by atoms with Crippen molar-refractivity contribution in [3.63, 3.8) is 0 Å². The van der Waals surface area contributed by atoms with E-state index in [-0.39, 0.29) is 15.7 Å². The van der Waals surface area contributed by atoms with Crippen molar-refractivity contribution in [3.05, 3.63) is 53.8 Å². The number of aromatic nitrogens is 1. The molecule has 0 bridgehead atoms. The standard InChI is InChI=1S/C13H11ClN2O3S/c14-13-11(7-4-8-15-13)16-12(17)9-20(18,19)10-5-2-1-3-6-10/h1-8H,9H2,(H,16,17). The van der Waals surface area contributed by atoms with Gasteiger partial charge in [0.2, 0.25) is 5.91 Å². The van der Waals surface area contributed by atoms with Crippen LogP contribution >= 0.6 is 11.6 Å². The van der Waals surface area contributed by atoms with Crippen LogP contribution in [0.2, 0.25) is 5.15 Å². The average molecular weight is 311 g/mol. The zero-order valence-corrected chi connectivity index (χ0v) is 11.9. The maximum atomic E-state index is 12.0. The summed E-state index contributed by atoms with van der Waals surface area (Å²) >= 11 is 5.78. The number of rotatable bonds is 4. The van der Waals surface area contributed by atoms with Crippen LogP contribution in [0.25, 0.3) is 0 Å². The Labute approximate surface area is 121 Å². The summed E-state index contributed by atoms with van der Waals surface area (Å²) in [5.74, 6) is -1.31. The molecule has 0 spiro atoms. The second kappa shape index (κ2) is 6.02. The van der Waals surface area contributed by atoms with Gasteiger partial charge in [0.1, 0.15) is 5.75 Å². The van der Waals surface area contributed by atoms with E-state index < -0.39 is 21.5 Å². The molecule has 1 amide bonds. The summed E-state index contributed by atoms with van der Waals surface area (Å²) in [7, 11) is -3.67. The number of amides is 1. The molecular weight excluding hydrogens is 300 g/mol. The minimum atomic E-state index is -3.67. The Morgan fingerprint density at radius 1 is 1.15 bits per heavy atom. The van der Waals surface area contributed by atoms with Gasteiger partial charge in [-0.3, -0.25) is 4.79 Å². The van der Waals surface area contributed by atoms with Crippen molar-refractivity contribution in [2.75, 3.05) is 11.1 Å². The molecular formula is C13H11ClN2O3S. The van der Waals surface area contributed by atoms with Crippen LogP contribution in [-0.4, -0.2) is 25.1 Å². The predicted molar refractivity (Wildman–Crippen MR) is 76.4 cm³/mol.